The number of rotatable bonds is 4. The maximum absolute atomic E-state index is 12.0. The van der Waals surface area contributed by atoms with E-state index in [0.717, 1.165) is 18.5 Å². The van der Waals surface area contributed by atoms with Gasteiger partial charge in [0.25, 0.3) is 0 Å². The maximum atomic E-state index is 12.0. The summed E-state index contributed by atoms with van der Waals surface area (Å²) in [5.74, 6) is 0.251. The molecule has 1 atom stereocenters. The van der Waals surface area contributed by atoms with Crippen molar-refractivity contribution in [3.05, 3.63) is 24.0 Å². The minimum absolute atomic E-state index is 0.251. The summed E-state index contributed by atoms with van der Waals surface area (Å²) in [7, 11) is 1.95. The van der Waals surface area contributed by atoms with Crippen LogP contribution in [-0.2, 0) is 7.05 Å². The van der Waals surface area contributed by atoms with Crippen molar-refractivity contribution in [1.82, 2.24) is 9.47 Å². The van der Waals surface area contributed by atoms with Crippen molar-refractivity contribution < 1.29 is 4.79 Å². The molecule has 0 saturated carbocycles. The number of hydrogen-bond acceptors (Lipinski definition) is 2. The molecule has 1 aliphatic rings. The second-order valence-electron chi connectivity index (χ2n) is 4.66. The number of aromatic nitrogens is 1. The van der Waals surface area contributed by atoms with E-state index in [1.54, 1.807) is 0 Å². The zero-order valence-corrected chi connectivity index (χ0v) is 10.1. The van der Waals surface area contributed by atoms with Gasteiger partial charge in [-0.05, 0) is 31.9 Å². The van der Waals surface area contributed by atoms with Gasteiger partial charge in [0.15, 0.2) is 5.78 Å². The normalized spacial score (nSPS) is 21.5. The summed E-state index contributed by atoms with van der Waals surface area (Å²) in [5.41, 5.74) is 0.837. The lowest BCUT2D eigenvalue weighted by atomic mass is 10.1. The number of ketones is 1. The molecule has 2 rings (SSSR count). The topological polar surface area (TPSA) is 25.2 Å². The quantitative estimate of drug-likeness (QED) is 0.726. The zero-order chi connectivity index (χ0) is 11.5. The van der Waals surface area contributed by atoms with Crippen molar-refractivity contribution in [2.45, 2.75) is 32.2 Å². The Balaban J connectivity index is 1.97. The summed E-state index contributed by atoms with van der Waals surface area (Å²) in [4.78, 5) is 14.3. The van der Waals surface area contributed by atoms with Crippen LogP contribution in [-0.4, -0.2) is 34.4 Å². The summed E-state index contributed by atoms with van der Waals surface area (Å²) >= 11 is 0. The van der Waals surface area contributed by atoms with Crippen LogP contribution < -0.4 is 0 Å². The fourth-order valence-electron chi connectivity index (χ4n) is 2.51. The fraction of sp³-hybridized carbons (Fsp3) is 0.615. The van der Waals surface area contributed by atoms with E-state index >= 15 is 0 Å². The molecule has 1 unspecified atom stereocenters. The minimum Gasteiger partial charge on any atom is -0.357 e. The smallest absolute Gasteiger partial charge is 0.178 e. The van der Waals surface area contributed by atoms with Crippen LogP contribution in [0.3, 0.4) is 0 Å². The van der Waals surface area contributed by atoms with Crippen LogP contribution in [0, 0.1) is 0 Å². The van der Waals surface area contributed by atoms with Gasteiger partial charge in [0.2, 0.25) is 0 Å². The number of carbonyl (C=O) groups is 1. The van der Waals surface area contributed by atoms with Crippen molar-refractivity contribution in [3.63, 3.8) is 0 Å². The SMILES string of the molecule is CCC1CCCN1CC(=O)c1ccn(C)c1. The Morgan fingerprint density at radius 2 is 2.38 bits per heavy atom. The van der Waals surface area contributed by atoms with Gasteiger partial charge in [-0.1, -0.05) is 6.92 Å². The molecule has 2 heterocycles. The van der Waals surface area contributed by atoms with Crippen LogP contribution in [0.5, 0.6) is 0 Å². The summed E-state index contributed by atoms with van der Waals surface area (Å²) in [5, 5.41) is 0. The lowest BCUT2D eigenvalue weighted by Gasteiger charge is -2.21. The number of carbonyl (C=O) groups excluding carboxylic acids is 1. The molecule has 0 spiro atoms. The fourth-order valence-corrected chi connectivity index (χ4v) is 2.51. The van der Waals surface area contributed by atoms with Crippen molar-refractivity contribution in [1.29, 1.82) is 0 Å². The van der Waals surface area contributed by atoms with E-state index < -0.39 is 0 Å². The monoisotopic (exact) mass is 220 g/mol. The van der Waals surface area contributed by atoms with Crippen LogP contribution in [0.15, 0.2) is 18.5 Å². The highest BCUT2D eigenvalue weighted by atomic mass is 16.1. The van der Waals surface area contributed by atoms with Crippen LogP contribution in [0.25, 0.3) is 0 Å². The van der Waals surface area contributed by atoms with Gasteiger partial charge in [0, 0.05) is 31.0 Å². The molecule has 1 saturated heterocycles. The summed E-state index contributed by atoms with van der Waals surface area (Å²) in [6, 6.07) is 2.52. The Hall–Kier alpha value is -1.09. The molecule has 1 fully saturated rings. The van der Waals surface area contributed by atoms with E-state index in [1.807, 2.05) is 30.1 Å². The summed E-state index contributed by atoms with van der Waals surface area (Å²) in [6.07, 6.45) is 7.47. The van der Waals surface area contributed by atoms with Gasteiger partial charge in [-0.3, -0.25) is 9.69 Å². The van der Waals surface area contributed by atoms with Crippen LogP contribution in [0.4, 0.5) is 0 Å². The van der Waals surface area contributed by atoms with E-state index in [0.29, 0.717) is 12.6 Å². The number of likely N-dealkylation sites (tertiary alicyclic amines) is 1. The highest BCUT2D eigenvalue weighted by Gasteiger charge is 2.24. The summed E-state index contributed by atoms with van der Waals surface area (Å²) in [6.45, 7) is 3.87. The maximum Gasteiger partial charge on any atom is 0.178 e. The van der Waals surface area contributed by atoms with Gasteiger partial charge >= 0.3 is 0 Å². The zero-order valence-electron chi connectivity index (χ0n) is 10.1. The lowest BCUT2D eigenvalue weighted by Crippen LogP contribution is -2.33. The Kier molecular flexibility index (Phi) is 3.44. The first kappa shape index (κ1) is 11.4. The van der Waals surface area contributed by atoms with Gasteiger partial charge in [0.05, 0.1) is 6.54 Å². The molecule has 16 heavy (non-hydrogen) atoms. The molecule has 0 amide bonds. The Labute approximate surface area is 97.1 Å². The van der Waals surface area contributed by atoms with Crippen molar-refractivity contribution in [2.75, 3.05) is 13.1 Å². The number of Topliss-reactive ketones (excluding diaryl/α,β-unsaturated/α-hetero) is 1. The Bertz CT molecular complexity index is 370. The molecule has 0 N–H and O–H groups in total. The highest BCUT2D eigenvalue weighted by molar-refractivity contribution is 5.97. The number of hydrogen-bond donors (Lipinski definition) is 0. The molecule has 0 bridgehead atoms. The van der Waals surface area contributed by atoms with Crippen LogP contribution >= 0.6 is 0 Å². The first-order valence-electron chi connectivity index (χ1n) is 6.10. The molecule has 88 valence electrons. The first-order valence-corrected chi connectivity index (χ1v) is 6.10. The van der Waals surface area contributed by atoms with E-state index in [9.17, 15) is 4.79 Å². The molecule has 3 heteroatoms. The molecule has 3 nitrogen and oxygen atoms in total. The third kappa shape index (κ3) is 2.35. The van der Waals surface area contributed by atoms with E-state index in [1.165, 1.54) is 12.8 Å². The average Bonchev–Trinajstić information content (AvgIpc) is 2.86. The second-order valence-corrected chi connectivity index (χ2v) is 4.66. The Morgan fingerprint density at radius 3 is 3.00 bits per heavy atom. The molecule has 1 aromatic heterocycles. The molecule has 0 aromatic carbocycles. The largest absolute Gasteiger partial charge is 0.357 e. The molecule has 1 aliphatic heterocycles. The predicted molar refractivity (Wildman–Crippen MR) is 64.6 cm³/mol. The van der Waals surface area contributed by atoms with E-state index in [2.05, 4.69) is 11.8 Å². The third-order valence-corrected chi connectivity index (χ3v) is 3.47. The van der Waals surface area contributed by atoms with Gasteiger partial charge < -0.3 is 4.57 Å². The van der Waals surface area contributed by atoms with E-state index in [4.69, 9.17) is 0 Å². The second kappa shape index (κ2) is 4.83. The molecule has 1 aromatic rings. The van der Waals surface area contributed by atoms with Crippen molar-refractivity contribution >= 4 is 5.78 Å². The standard InChI is InChI=1S/C13H20N2O/c1-3-12-5-4-7-15(12)10-13(16)11-6-8-14(2)9-11/h6,8-9,12H,3-5,7,10H2,1-2H3. The van der Waals surface area contributed by atoms with Gasteiger partial charge in [-0.25, -0.2) is 0 Å². The number of nitrogens with zero attached hydrogens (tertiary/aromatic N) is 2. The van der Waals surface area contributed by atoms with Crippen molar-refractivity contribution in [3.8, 4) is 0 Å². The van der Waals surface area contributed by atoms with Gasteiger partial charge in [-0.15, -0.1) is 0 Å². The van der Waals surface area contributed by atoms with Crippen molar-refractivity contribution in [2.24, 2.45) is 7.05 Å². The van der Waals surface area contributed by atoms with E-state index in [-0.39, 0.29) is 5.78 Å². The lowest BCUT2D eigenvalue weighted by molar-refractivity contribution is 0.0920. The van der Waals surface area contributed by atoms with Crippen LogP contribution in [0.2, 0.25) is 0 Å². The first-order chi connectivity index (χ1) is 7.70. The Morgan fingerprint density at radius 1 is 1.56 bits per heavy atom. The van der Waals surface area contributed by atoms with Gasteiger partial charge in [0.1, 0.15) is 0 Å². The summed E-state index contributed by atoms with van der Waals surface area (Å²) < 4.78 is 1.93. The molecule has 0 aliphatic carbocycles. The molecular formula is C13H20N2O. The van der Waals surface area contributed by atoms with Gasteiger partial charge in [-0.2, -0.15) is 0 Å². The third-order valence-electron chi connectivity index (χ3n) is 3.47. The van der Waals surface area contributed by atoms with Crippen LogP contribution in [0.1, 0.15) is 36.5 Å². The number of aryl methyl sites for hydroxylation is 1. The highest BCUT2D eigenvalue weighted by Crippen LogP contribution is 2.19. The molecular weight excluding hydrogens is 200 g/mol. The predicted octanol–water partition coefficient (Wildman–Crippen LogP) is 2.08. The average molecular weight is 220 g/mol. The minimum atomic E-state index is 0.251. The molecule has 0 radical (unpaired) electrons.